The number of nitrogens with zero attached hydrogens (tertiary/aromatic N) is 1. The third-order valence-electron chi connectivity index (χ3n) is 5.01. The van der Waals surface area contributed by atoms with E-state index in [1.54, 1.807) is 4.90 Å². The normalized spacial score (nSPS) is 30.1. The van der Waals surface area contributed by atoms with Gasteiger partial charge in [0.2, 0.25) is 11.8 Å². The Bertz CT molecular complexity index is 424. The summed E-state index contributed by atoms with van der Waals surface area (Å²) in [5.74, 6) is 0.116. The molecule has 20 heavy (non-hydrogen) atoms. The molecule has 2 aliphatic rings. The minimum atomic E-state index is -0.723. The van der Waals surface area contributed by atoms with Crippen LogP contribution in [0.15, 0.2) is 12.2 Å². The summed E-state index contributed by atoms with van der Waals surface area (Å²) in [7, 11) is 0. The van der Waals surface area contributed by atoms with Crippen molar-refractivity contribution in [2.24, 2.45) is 0 Å². The summed E-state index contributed by atoms with van der Waals surface area (Å²) in [6.07, 6.45) is 9.29. The first-order valence-corrected chi connectivity index (χ1v) is 7.76. The fourth-order valence-electron chi connectivity index (χ4n) is 3.35. The van der Waals surface area contributed by atoms with Crippen molar-refractivity contribution in [3.05, 3.63) is 12.2 Å². The van der Waals surface area contributed by atoms with Crippen LogP contribution in [0.2, 0.25) is 0 Å². The molecule has 2 rings (SSSR count). The van der Waals surface area contributed by atoms with E-state index in [2.05, 4.69) is 5.32 Å². The number of hydrogen-bond donors (Lipinski definition) is 1. The smallest absolute Gasteiger partial charge is 0.249 e. The summed E-state index contributed by atoms with van der Waals surface area (Å²) in [6.45, 7) is 6.30. The molecule has 4 heteroatoms. The number of nitrogens with one attached hydrogen (secondary N) is 1. The first kappa shape index (κ1) is 15.1. The largest absolute Gasteiger partial charge is 0.340 e. The van der Waals surface area contributed by atoms with E-state index in [9.17, 15) is 9.59 Å². The van der Waals surface area contributed by atoms with Gasteiger partial charge in [0.15, 0.2) is 0 Å². The SMILES string of the molecule is C/C=C/CN1C(=O)C2(CCCCC2)NC(=O)C1(C)CC. The van der Waals surface area contributed by atoms with Gasteiger partial charge in [0.25, 0.3) is 0 Å². The molecule has 0 aromatic heterocycles. The Labute approximate surface area is 121 Å². The first-order valence-electron chi connectivity index (χ1n) is 7.76. The molecular weight excluding hydrogens is 252 g/mol. The van der Waals surface area contributed by atoms with Crippen molar-refractivity contribution >= 4 is 11.8 Å². The lowest BCUT2D eigenvalue weighted by Crippen LogP contribution is -2.75. The molecule has 0 bridgehead atoms. The van der Waals surface area contributed by atoms with Gasteiger partial charge >= 0.3 is 0 Å². The summed E-state index contributed by atoms with van der Waals surface area (Å²) >= 11 is 0. The molecule has 1 saturated carbocycles. The van der Waals surface area contributed by atoms with E-state index in [1.165, 1.54) is 0 Å². The fourth-order valence-corrected chi connectivity index (χ4v) is 3.35. The van der Waals surface area contributed by atoms with Crippen molar-refractivity contribution in [3.8, 4) is 0 Å². The van der Waals surface area contributed by atoms with Gasteiger partial charge in [-0.1, -0.05) is 38.3 Å². The van der Waals surface area contributed by atoms with Crippen LogP contribution in [-0.2, 0) is 9.59 Å². The standard InChI is InChI=1S/C16H26N2O2/c1-4-6-12-18-14(20)16(10-8-7-9-11-16)17-13(19)15(18,3)5-2/h4,6H,5,7-12H2,1-3H3,(H,17,19)/b6-4+. The van der Waals surface area contributed by atoms with Gasteiger partial charge in [-0.05, 0) is 33.1 Å². The molecule has 2 fully saturated rings. The monoisotopic (exact) mass is 278 g/mol. The highest BCUT2D eigenvalue weighted by Crippen LogP contribution is 2.37. The van der Waals surface area contributed by atoms with E-state index in [0.29, 0.717) is 13.0 Å². The molecule has 112 valence electrons. The molecule has 1 spiro atoms. The Balaban J connectivity index is 2.35. The van der Waals surface area contributed by atoms with Crippen LogP contribution in [0.1, 0.15) is 59.3 Å². The van der Waals surface area contributed by atoms with Gasteiger partial charge in [-0.25, -0.2) is 0 Å². The van der Waals surface area contributed by atoms with Gasteiger partial charge in [-0.2, -0.15) is 0 Å². The minimum Gasteiger partial charge on any atom is -0.340 e. The van der Waals surface area contributed by atoms with Crippen LogP contribution >= 0.6 is 0 Å². The summed E-state index contributed by atoms with van der Waals surface area (Å²) in [5.41, 5.74) is -1.36. The van der Waals surface area contributed by atoms with Gasteiger partial charge in [0, 0.05) is 6.54 Å². The Kier molecular flexibility index (Phi) is 4.21. The van der Waals surface area contributed by atoms with Crippen molar-refractivity contribution in [2.45, 2.75) is 70.4 Å². The third kappa shape index (κ3) is 2.25. The summed E-state index contributed by atoms with van der Waals surface area (Å²) in [5, 5.41) is 3.08. The Morgan fingerprint density at radius 1 is 1.25 bits per heavy atom. The van der Waals surface area contributed by atoms with Gasteiger partial charge < -0.3 is 10.2 Å². The molecular formula is C16H26N2O2. The van der Waals surface area contributed by atoms with Crippen LogP contribution < -0.4 is 5.32 Å². The molecule has 1 heterocycles. The zero-order valence-corrected chi connectivity index (χ0v) is 12.9. The molecule has 1 N–H and O–H groups in total. The number of amides is 2. The van der Waals surface area contributed by atoms with Gasteiger partial charge in [-0.3, -0.25) is 9.59 Å². The molecule has 0 radical (unpaired) electrons. The van der Waals surface area contributed by atoms with Gasteiger partial charge in [-0.15, -0.1) is 0 Å². The lowest BCUT2D eigenvalue weighted by Gasteiger charge is -2.52. The van der Waals surface area contributed by atoms with E-state index in [1.807, 2.05) is 32.9 Å². The van der Waals surface area contributed by atoms with Crippen LogP contribution in [-0.4, -0.2) is 34.3 Å². The van der Waals surface area contributed by atoms with Crippen molar-refractivity contribution in [1.82, 2.24) is 10.2 Å². The maximum Gasteiger partial charge on any atom is 0.249 e. The van der Waals surface area contributed by atoms with Gasteiger partial charge in [0.1, 0.15) is 11.1 Å². The molecule has 1 aliphatic heterocycles. The highest BCUT2D eigenvalue weighted by molar-refractivity contribution is 6.02. The number of allylic oxidation sites excluding steroid dienone is 1. The van der Waals surface area contributed by atoms with Crippen LogP contribution in [0.4, 0.5) is 0 Å². The zero-order valence-electron chi connectivity index (χ0n) is 12.9. The number of rotatable bonds is 3. The topological polar surface area (TPSA) is 49.4 Å². The minimum absolute atomic E-state index is 0.00556. The predicted molar refractivity (Wildman–Crippen MR) is 79.2 cm³/mol. The molecule has 2 amide bonds. The fraction of sp³-hybridized carbons (Fsp3) is 0.750. The summed E-state index contributed by atoms with van der Waals surface area (Å²) in [6, 6.07) is 0. The highest BCUT2D eigenvalue weighted by Gasteiger charge is 2.55. The van der Waals surface area contributed by atoms with Crippen molar-refractivity contribution < 1.29 is 9.59 Å². The second-order valence-corrected chi connectivity index (χ2v) is 6.21. The maximum absolute atomic E-state index is 13.0. The number of piperazine rings is 1. The predicted octanol–water partition coefficient (Wildman–Crippen LogP) is 2.39. The number of carbonyl (C=O) groups excluding carboxylic acids is 2. The number of carbonyl (C=O) groups is 2. The van der Waals surface area contributed by atoms with E-state index >= 15 is 0 Å². The van der Waals surface area contributed by atoms with E-state index < -0.39 is 11.1 Å². The second kappa shape index (κ2) is 5.58. The lowest BCUT2D eigenvalue weighted by molar-refractivity contribution is -0.163. The van der Waals surface area contributed by atoms with Crippen molar-refractivity contribution in [1.29, 1.82) is 0 Å². The van der Waals surface area contributed by atoms with Crippen LogP contribution in [0.5, 0.6) is 0 Å². The average Bonchev–Trinajstić information content (AvgIpc) is 2.46. The molecule has 0 aromatic rings. The lowest BCUT2D eigenvalue weighted by atomic mass is 9.76. The zero-order chi connectivity index (χ0) is 14.8. The van der Waals surface area contributed by atoms with Crippen LogP contribution in [0.3, 0.4) is 0 Å². The molecule has 1 unspecified atom stereocenters. The van der Waals surface area contributed by atoms with Gasteiger partial charge in [0.05, 0.1) is 0 Å². The maximum atomic E-state index is 13.0. The molecule has 4 nitrogen and oxygen atoms in total. The highest BCUT2D eigenvalue weighted by atomic mass is 16.2. The van der Waals surface area contributed by atoms with E-state index in [4.69, 9.17) is 0 Å². The van der Waals surface area contributed by atoms with Crippen LogP contribution in [0, 0.1) is 0 Å². The van der Waals surface area contributed by atoms with Crippen molar-refractivity contribution in [3.63, 3.8) is 0 Å². The summed E-state index contributed by atoms with van der Waals surface area (Å²) in [4.78, 5) is 27.4. The summed E-state index contributed by atoms with van der Waals surface area (Å²) < 4.78 is 0. The molecule has 1 aliphatic carbocycles. The second-order valence-electron chi connectivity index (χ2n) is 6.21. The molecule has 1 saturated heterocycles. The Morgan fingerprint density at radius 3 is 2.45 bits per heavy atom. The number of hydrogen-bond acceptors (Lipinski definition) is 2. The first-order chi connectivity index (χ1) is 9.50. The third-order valence-corrected chi connectivity index (χ3v) is 5.01. The average molecular weight is 278 g/mol. The quantitative estimate of drug-likeness (QED) is 0.806. The van der Waals surface area contributed by atoms with Crippen LogP contribution in [0.25, 0.3) is 0 Å². The molecule has 0 aromatic carbocycles. The molecule has 1 atom stereocenters. The Morgan fingerprint density at radius 2 is 1.90 bits per heavy atom. The Hall–Kier alpha value is -1.32. The van der Waals surface area contributed by atoms with Crippen molar-refractivity contribution in [2.75, 3.05) is 6.54 Å². The van der Waals surface area contributed by atoms with E-state index in [-0.39, 0.29) is 11.8 Å². The van der Waals surface area contributed by atoms with E-state index in [0.717, 1.165) is 32.1 Å².